The topological polar surface area (TPSA) is 69.4 Å². The van der Waals surface area contributed by atoms with Gasteiger partial charge in [0.25, 0.3) is 0 Å². The van der Waals surface area contributed by atoms with Crippen LogP contribution in [-0.4, -0.2) is 38.6 Å². The molecule has 1 aromatic heterocycles. The molecular formula is C19H31N3O2SSi. The van der Waals surface area contributed by atoms with Crippen LogP contribution >= 0.6 is 11.3 Å². The molecule has 1 aromatic carbocycles. The van der Waals surface area contributed by atoms with E-state index in [4.69, 9.17) is 19.9 Å². The summed E-state index contributed by atoms with van der Waals surface area (Å²) < 4.78 is 13.2. The fraction of sp³-hybridized carbons (Fsp3) is 0.632. The van der Waals surface area contributed by atoms with E-state index in [-0.39, 0.29) is 17.1 Å². The number of hydrogen-bond donors (Lipinski definition) is 2. The molecule has 2 heterocycles. The third-order valence-corrected chi connectivity index (χ3v) is 11.1. The molecule has 3 rings (SSSR count). The molecule has 144 valence electrons. The van der Waals surface area contributed by atoms with Crippen molar-refractivity contribution in [2.24, 2.45) is 5.73 Å². The molecule has 0 bridgehead atoms. The van der Waals surface area contributed by atoms with Crippen LogP contribution in [0.3, 0.4) is 0 Å². The monoisotopic (exact) mass is 393 g/mol. The highest BCUT2D eigenvalue weighted by Crippen LogP contribution is 2.38. The molecular weight excluding hydrogens is 362 g/mol. The molecule has 26 heavy (non-hydrogen) atoms. The second kappa shape index (κ2) is 7.11. The highest BCUT2D eigenvalue weighted by molar-refractivity contribution is 7.22. The smallest absolute Gasteiger partial charge is 0.192 e. The van der Waals surface area contributed by atoms with E-state index < -0.39 is 8.32 Å². The zero-order valence-corrected chi connectivity index (χ0v) is 18.5. The van der Waals surface area contributed by atoms with Crippen LogP contribution in [0, 0.1) is 0 Å². The van der Waals surface area contributed by atoms with Gasteiger partial charge in [0.1, 0.15) is 5.75 Å². The van der Waals surface area contributed by atoms with Gasteiger partial charge in [-0.2, -0.15) is 0 Å². The molecule has 0 amide bonds. The van der Waals surface area contributed by atoms with Gasteiger partial charge < -0.3 is 20.2 Å². The van der Waals surface area contributed by atoms with Crippen molar-refractivity contribution in [3.05, 3.63) is 17.7 Å². The van der Waals surface area contributed by atoms with Gasteiger partial charge in [-0.05, 0) is 37.2 Å². The maximum absolute atomic E-state index is 6.39. The number of ether oxygens (including phenoxy) is 1. The second-order valence-corrected chi connectivity index (χ2v) is 14.5. The molecule has 0 fully saturated rings. The Morgan fingerprint density at radius 2 is 2.12 bits per heavy atom. The fourth-order valence-electron chi connectivity index (χ4n) is 2.73. The normalized spacial score (nSPS) is 17.0. The van der Waals surface area contributed by atoms with E-state index in [2.05, 4.69) is 51.3 Å². The average molecular weight is 394 g/mol. The number of nitrogens with zero attached hydrogens (tertiary/aromatic N) is 1. The summed E-state index contributed by atoms with van der Waals surface area (Å²) >= 11 is 1.67. The Bertz CT molecular complexity index is 783. The maximum atomic E-state index is 6.39. The Balaban J connectivity index is 1.75. The van der Waals surface area contributed by atoms with Gasteiger partial charge in [-0.1, -0.05) is 32.1 Å². The first kappa shape index (κ1) is 19.6. The van der Waals surface area contributed by atoms with Crippen LogP contribution < -0.4 is 15.8 Å². The van der Waals surface area contributed by atoms with Crippen molar-refractivity contribution in [3.63, 3.8) is 0 Å². The van der Waals surface area contributed by atoms with Gasteiger partial charge in [-0.3, -0.25) is 0 Å². The summed E-state index contributed by atoms with van der Waals surface area (Å²) in [6.07, 6.45) is 0.932. The molecule has 5 nitrogen and oxygen atoms in total. The molecule has 0 aliphatic carbocycles. The molecule has 2 atom stereocenters. The minimum atomic E-state index is -1.81. The predicted molar refractivity (Wildman–Crippen MR) is 113 cm³/mol. The van der Waals surface area contributed by atoms with Crippen molar-refractivity contribution in [1.82, 2.24) is 4.98 Å². The van der Waals surface area contributed by atoms with E-state index >= 15 is 0 Å². The van der Waals surface area contributed by atoms with Gasteiger partial charge in [-0.25, -0.2) is 4.98 Å². The van der Waals surface area contributed by atoms with E-state index in [1.807, 2.05) is 6.92 Å². The van der Waals surface area contributed by atoms with E-state index in [9.17, 15) is 0 Å². The standard InChI is InChI=1S/C19H31N3O2SSi/c1-12(20)14(11-24-26(5,6)19(2,3)4)21-18-22-17-13-9-10-23-15(13)7-8-16(17)25-18/h7-8,12,14H,9-11,20H2,1-6H3,(H,21,22)/t12-,14+/m0/s1. The van der Waals surface area contributed by atoms with Crippen LogP contribution in [0.25, 0.3) is 10.2 Å². The number of aromatic nitrogens is 1. The van der Waals surface area contributed by atoms with E-state index in [1.54, 1.807) is 11.3 Å². The molecule has 0 unspecified atom stereocenters. The average Bonchev–Trinajstić information content (AvgIpc) is 3.15. The van der Waals surface area contributed by atoms with E-state index in [0.29, 0.717) is 6.61 Å². The SMILES string of the molecule is C[C@H](N)[C@@H](CO[Si](C)(C)C(C)(C)C)Nc1nc2c3c(ccc2s1)OCC3. The summed E-state index contributed by atoms with van der Waals surface area (Å²) in [4.78, 5) is 4.83. The lowest BCUT2D eigenvalue weighted by atomic mass is 10.1. The number of rotatable bonds is 6. The number of thiazole rings is 1. The number of anilines is 1. The van der Waals surface area contributed by atoms with Crippen molar-refractivity contribution in [3.8, 4) is 5.75 Å². The summed E-state index contributed by atoms with van der Waals surface area (Å²) in [6, 6.07) is 4.15. The molecule has 0 radical (unpaired) electrons. The Kier molecular flexibility index (Phi) is 5.36. The van der Waals surface area contributed by atoms with Gasteiger partial charge in [0.2, 0.25) is 0 Å². The van der Waals surface area contributed by atoms with E-state index in [1.165, 1.54) is 10.3 Å². The lowest BCUT2D eigenvalue weighted by Gasteiger charge is -2.37. The zero-order chi connectivity index (χ0) is 19.1. The Labute approximate surface area is 161 Å². The van der Waals surface area contributed by atoms with Gasteiger partial charge in [0, 0.05) is 18.0 Å². The first-order chi connectivity index (χ1) is 12.1. The number of hydrogen-bond acceptors (Lipinski definition) is 6. The molecule has 3 N–H and O–H groups in total. The van der Waals surface area contributed by atoms with Crippen molar-refractivity contribution in [2.75, 3.05) is 18.5 Å². The fourth-order valence-corrected chi connectivity index (χ4v) is 4.72. The quantitative estimate of drug-likeness (QED) is 0.713. The molecule has 1 aliphatic rings. The first-order valence-electron chi connectivity index (χ1n) is 9.30. The lowest BCUT2D eigenvalue weighted by Crippen LogP contribution is -2.48. The summed E-state index contributed by atoms with van der Waals surface area (Å²) in [7, 11) is -1.81. The summed E-state index contributed by atoms with van der Waals surface area (Å²) in [5, 5.41) is 4.61. The molecule has 0 saturated heterocycles. The molecule has 7 heteroatoms. The molecule has 2 aromatic rings. The minimum Gasteiger partial charge on any atom is -0.493 e. The van der Waals surface area contributed by atoms with Gasteiger partial charge in [0.05, 0.1) is 29.5 Å². The third-order valence-electron chi connectivity index (χ3n) is 5.61. The van der Waals surface area contributed by atoms with Crippen molar-refractivity contribution >= 4 is 35.0 Å². The van der Waals surface area contributed by atoms with Crippen molar-refractivity contribution < 1.29 is 9.16 Å². The Hall–Kier alpha value is -1.15. The predicted octanol–water partition coefficient (Wildman–Crippen LogP) is 4.38. The largest absolute Gasteiger partial charge is 0.493 e. The van der Waals surface area contributed by atoms with Crippen LogP contribution in [0.15, 0.2) is 12.1 Å². The van der Waals surface area contributed by atoms with Crippen molar-refractivity contribution in [1.29, 1.82) is 0 Å². The highest BCUT2D eigenvalue weighted by Gasteiger charge is 2.38. The maximum Gasteiger partial charge on any atom is 0.192 e. The number of nitrogens with one attached hydrogen (secondary N) is 1. The van der Waals surface area contributed by atoms with Gasteiger partial charge in [0.15, 0.2) is 13.4 Å². The van der Waals surface area contributed by atoms with Gasteiger partial charge in [-0.15, -0.1) is 0 Å². The first-order valence-corrected chi connectivity index (χ1v) is 13.0. The van der Waals surface area contributed by atoms with Crippen LogP contribution in [0.5, 0.6) is 5.75 Å². The lowest BCUT2D eigenvalue weighted by molar-refractivity contribution is 0.260. The van der Waals surface area contributed by atoms with Crippen LogP contribution in [0.4, 0.5) is 5.13 Å². The van der Waals surface area contributed by atoms with Crippen molar-refractivity contribution in [2.45, 2.75) is 64.3 Å². The van der Waals surface area contributed by atoms with E-state index in [0.717, 1.165) is 29.4 Å². The highest BCUT2D eigenvalue weighted by atomic mass is 32.1. The minimum absolute atomic E-state index is 0.0270. The third kappa shape index (κ3) is 3.90. The number of nitrogens with two attached hydrogens (primary N) is 1. The Morgan fingerprint density at radius 1 is 1.38 bits per heavy atom. The Morgan fingerprint density at radius 3 is 2.77 bits per heavy atom. The second-order valence-electron chi connectivity index (χ2n) is 8.69. The summed E-state index contributed by atoms with van der Waals surface area (Å²) in [5.74, 6) is 0.972. The van der Waals surface area contributed by atoms with Crippen LogP contribution in [-0.2, 0) is 10.8 Å². The molecule has 1 aliphatic heterocycles. The summed E-state index contributed by atoms with van der Waals surface area (Å²) in [6.45, 7) is 14.7. The van der Waals surface area contributed by atoms with Crippen LogP contribution in [0.1, 0.15) is 33.3 Å². The zero-order valence-electron chi connectivity index (χ0n) is 16.7. The summed E-state index contributed by atoms with van der Waals surface area (Å²) in [5.41, 5.74) is 8.52. The molecule has 0 spiro atoms. The number of benzene rings is 1. The molecule has 0 saturated carbocycles. The van der Waals surface area contributed by atoms with Gasteiger partial charge >= 0.3 is 0 Å². The van der Waals surface area contributed by atoms with Crippen LogP contribution in [0.2, 0.25) is 18.1 Å². The number of fused-ring (bicyclic) bond motifs is 3.